The number of aromatic carboxylic acids is 1. The van der Waals surface area contributed by atoms with Crippen LogP contribution in [0.5, 0.6) is 5.75 Å². The Balaban J connectivity index is 1.99. The van der Waals surface area contributed by atoms with Crippen molar-refractivity contribution in [2.24, 2.45) is 5.92 Å². The SMILES string of the molecule is CC(C)C(Oc1cccc(Cl)c1)C(=O)NCc1ccc(C(=O)O)o1. The number of ether oxygens (including phenoxy) is 1. The number of hydrogen-bond donors (Lipinski definition) is 2. The number of carbonyl (C=O) groups is 2. The molecule has 1 heterocycles. The molecule has 2 N–H and O–H groups in total. The van der Waals surface area contributed by atoms with Gasteiger partial charge in [-0.15, -0.1) is 0 Å². The highest BCUT2D eigenvalue weighted by molar-refractivity contribution is 6.30. The van der Waals surface area contributed by atoms with Gasteiger partial charge in [0.25, 0.3) is 5.91 Å². The molecule has 0 saturated heterocycles. The minimum Gasteiger partial charge on any atom is -0.480 e. The number of carbonyl (C=O) groups excluding carboxylic acids is 1. The molecule has 0 fully saturated rings. The lowest BCUT2D eigenvalue weighted by Gasteiger charge is -2.21. The number of rotatable bonds is 7. The number of furan rings is 1. The lowest BCUT2D eigenvalue weighted by molar-refractivity contribution is -0.130. The zero-order chi connectivity index (χ0) is 17.7. The third-order valence-electron chi connectivity index (χ3n) is 3.23. The summed E-state index contributed by atoms with van der Waals surface area (Å²) < 4.78 is 10.8. The molecule has 1 amide bonds. The number of benzene rings is 1. The first-order valence-corrected chi connectivity index (χ1v) is 7.76. The van der Waals surface area contributed by atoms with E-state index in [1.54, 1.807) is 24.3 Å². The van der Waals surface area contributed by atoms with E-state index in [0.29, 0.717) is 16.5 Å². The summed E-state index contributed by atoms with van der Waals surface area (Å²) in [5.41, 5.74) is 0. The maximum absolute atomic E-state index is 12.4. The van der Waals surface area contributed by atoms with E-state index >= 15 is 0 Å². The quantitative estimate of drug-likeness (QED) is 0.798. The van der Waals surface area contributed by atoms with E-state index in [9.17, 15) is 9.59 Å². The Labute approximate surface area is 144 Å². The van der Waals surface area contributed by atoms with Gasteiger partial charge >= 0.3 is 5.97 Å². The van der Waals surface area contributed by atoms with Crippen molar-refractivity contribution >= 4 is 23.5 Å². The first-order valence-electron chi connectivity index (χ1n) is 7.38. The maximum Gasteiger partial charge on any atom is 0.371 e. The summed E-state index contributed by atoms with van der Waals surface area (Å²) in [6.45, 7) is 3.81. The van der Waals surface area contributed by atoms with Crippen LogP contribution in [0.25, 0.3) is 0 Å². The first kappa shape index (κ1) is 17.9. The first-order chi connectivity index (χ1) is 11.4. The standard InChI is InChI=1S/C17H18ClNO5/c1-10(2)15(24-12-5-3-4-11(18)8-12)16(20)19-9-13-6-7-14(23-13)17(21)22/h3-8,10,15H,9H2,1-2H3,(H,19,20)(H,21,22). The zero-order valence-corrected chi connectivity index (χ0v) is 14.0. The van der Waals surface area contributed by atoms with Crippen molar-refractivity contribution in [3.05, 3.63) is 52.9 Å². The third kappa shape index (κ3) is 4.76. The molecule has 0 bridgehead atoms. The molecule has 7 heteroatoms. The summed E-state index contributed by atoms with van der Waals surface area (Å²) in [5.74, 6) is -0.867. The Morgan fingerprint density at radius 3 is 2.62 bits per heavy atom. The highest BCUT2D eigenvalue weighted by Crippen LogP contribution is 2.20. The molecule has 0 aliphatic heterocycles. The molecule has 0 aliphatic rings. The lowest BCUT2D eigenvalue weighted by atomic mass is 10.1. The van der Waals surface area contributed by atoms with Crippen molar-refractivity contribution in [1.82, 2.24) is 5.32 Å². The molecule has 1 aromatic carbocycles. The Morgan fingerprint density at radius 2 is 2.04 bits per heavy atom. The number of halogens is 1. The van der Waals surface area contributed by atoms with Crippen molar-refractivity contribution in [3.63, 3.8) is 0 Å². The molecule has 0 radical (unpaired) electrons. The molecular formula is C17H18ClNO5. The summed E-state index contributed by atoms with van der Waals surface area (Å²) in [6, 6.07) is 9.66. The van der Waals surface area contributed by atoms with Gasteiger partial charge in [-0.25, -0.2) is 4.79 Å². The predicted molar refractivity (Wildman–Crippen MR) is 88.2 cm³/mol. The molecule has 128 valence electrons. The highest BCUT2D eigenvalue weighted by Gasteiger charge is 2.24. The fourth-order valence-electron chi connectivity index (χ4n) is 2.04. The summed E-state index contributed by atoms with van der Waals surface area (Å²) >= 11 is 5.92. The van der Waals surface area contributed by atoms with Gasteiger partial charge in [-0.3, -0.25) is 4.79 Å². The van der Waals surface area contributed by atoms with Crippen LogP contribution in [0.1, 0.15) is 30.2 Å². The van der Waals surface area contributed by atoms with E-state index in [0.717, 1.165) is 0 Å². The highest BCUT2D eigenvalue weighted by atomic mass is 35.5. The lowest BCUT2D eigenvalue weighted by Crippen LogP contribution is -2.41. The summed E-state index contributed by atoms with van der Waals surface area (Å²) in [4.78, 5) is 23.1. The van der Waals surface area contributed by atoms with Crippen LogP contribution in [0.2, 0.25) is 5.02 Å². The molecule has 2 aromatic rings. The Morgan fingerprint density at radius 1 is 1.29 bits per heavy atom. The second-order valence-corrected chi connectivity index (χ2v) is 5.97. The maximum atomic E-state index is 12.4. The minimum atomic E-state index is -1.16. The van der Waals surface area contributed by atoms with Gasteiger partial charge in [0.1, 0.15) is 11.5 Å². The van der Waals surface area contributed by atoms with Gasteiger partial charge in [-0.1, -0.05) is 31.5 Å². The Bertz CT molecular complexity index is 725. The van der Waals surface area contributed by atoms with Crippen molar-refractivity contribution in [3.8, 4) is 5.75 Å². The molecule has 2 rings (SSSR count). The van der Waals surface area contributed by atoms with Crippen LogP contribution < -0.4 is 10.1 Å². The fraction of sp³-hybridized carbons (Fsp3) is 0.294. The van der Waals surface area contributed by atoms with E-state index in [4.69, 9.17) is 25.9 Å². The van der Waals surface area contributed by atoms with E-state index in [-0.39, 0.29) is 24.1 Å². The average molecular weight is 352 g/mol. The third-order valence-corrected chi connectivity index (χ3v) is 3.47. The molecule has 1 aromatic heterocycles. The molecule has 1 unspecified atom stereocenters. The number of hydrogen-bond acceptors (Lipinski definition) is 4. The van der Waals surface area contributed by atoms with Crippen molar-refractivity contribution in [1.29, 1.82) is 0 Å². The average Bonchev–Trinajstić information content (AvgIpc) is 2.99. The monoisotopic (exact) mass is 351 g/mol. The van der Waals surface area contributed by atoms with Gasteiger partial charge in [0, 0.05) is 5.02 Å². The topological polar surface area (TPSA) is 88.8 Å². The van der Waals surface area contributed by atoms with E-state index in [1.807, 2.05) is 13.8 Å². The summed E-state index contributed by atoms with van der Waals surface area (Å²) in [5, 5.41) is 12.0. The Hall–Kier alpha value is -2.47. The van der Waals surface area contributed by atoms with Gasteiger partial charge in [-0.2, -0.15) is 0 Å². The second-order valence-electron chi connectivity index (χ2n) is 5.53. The van der Waals surface area contributed by atoms with Gasteiger partial charge in [0.15, 0.2) is 6.10 Å². The van der Waals surface area contributed by atoms with Crippen molar-refractivity contribution < 1.29 is 23.8 Å². The van der Waals surface area contributed by atoms with Crippen LogP contribution in [-0.4, -0.2) is 23.1 Å². The minimum absolute atomic E-state index is 0.0739. The molecule has 24 heavy (non-hydrogen) atoms. The van der Waals surface area contributed by atoms with Crippen molar-refractivity contribution in [2.45, 2.75) is 26.5 Å². The number of amides is 1. The number of nitrogens with one attached hydrogen (secondary N) is 1. The van der Waals surface area contributed by atoms with E-state index in [1.165, 1.54) is 12.1 Å². The molecule has 1 atom stereocenters. The summed E-state index contributed by atoms with van der Waals surface area (Å²) in [6.07, 6.45) is -0.711. The van der Waals surface area contributed by atoms with Gasteiger partial charge in [-0.05, 0) is 36.2 Å². The fourth-order valence-corrected chi connectivity index (χ4v) is 2.22. The molecule has 0 aliphatic carbocycles. The normalized spacial score (nSPS) is 12.0. The van der Waals surface area contributed by atoms with Crippen LogP contribution in [0.3, 0.4) is 0 Å². The van der Waals surface area contributed by atoms with Crippen molar-refractivity contribution in [2.75, 3.05) is 0 Å². The molecular weight excluding hydrogens is 334 g/mol. The van der Waals surface area contributed by atoms with Crippen LogP contribution >= 0.6 is 11.6 Å². The van der Waals surface area contributed by atoms with Crippen LogP contribution in [-0.2, 0) is 11.3 Å². The molecule has 6 nitrogen and oxygen atoms in total. The van der Waals surface area contributed by atoms with E-state index < -0.39 is 12.1 Å². The van der Waals surface area contributed by atoms with Crippen LogP contribution in [0.4, 0.5) is 0 Å². The van der Waals surface area contributed by atoms with Crippen LogP contribution in [0.15, 0.2) is 40.8 Å². The smallest absolute Gasteiger partial charge is 0.371 e. The molecule has 0 spiro atoms. The zero-order valence-electron chi connectivity index (χ0n) is 13.3. The van der Waals surface area contributed by atoms with E-state index in [2.05, 4.69) is 5.32 Å². The van der Waals surface area contributed by atoms with Crippen LogP contribution in [0, 0.1) is 5.92 Å². The van der Waals surface area contributed by atoms with Gasteiger partial charge in [0.2, 0.25) is 5.76 Å². The van der Waals surface area contributed by atoms with Gasteiger partial charge in [0.05, 0.1) is 6.54 Å². The Kier molecular flexibility index (Phi) is 5.87. The van der Waals surface area contributed by atoms with Gasteiger partial charge < -0.3 is 19.6 Å². The molecule has 0 saturated carbocycles. The predicted octanol–water partition coefficient (Wildman–Crippen LogP) is 3.35. The number of carboxylic acid groups (broad SMARTS) is 1. The summed E-state index contributed by atoms with van der Waals surface area (Å²) in [7, 11) is 0. The number of carboxylic acids is 1. The largest absolute Gasteiger partial charge is 0.480 e. The second kappa shape index (κ2) is 7.88.